The van der Waals surface area contributed by atoms with E-state index >= 15 is 0 Å². The zero-order valence-corrected chi connectivity index (χ0v) is 19.4. The average Bonchev–Trinajstić information content (AvgIpc) is 3.41. The quantitative estimate of drug-likeness (QED) is 0.497. The van der Waals surface area contributed by atoms with E-state index < -0.39 is 10.0 Å². The van der Waals surface area contributed by atoms with Gasteiger partial charge in [-0.05, 0) is 42.5 Å². The Bertz CT molecular complexity index is 1090. The zero-order valence-electron chi connectivity index (χ0n) is 18.6. The summed E-state index contributed by atoms with van der Waals surface area (Å²) in [5.41, 5.74) is 1.11. The number of nitrogens with one attached hydrogen (secondary N) is 1. The van der Waals surface area contributed by atoms with Gasteiger partial charge in [0.05, 0.1) is 48.4 Å². The van der Waals surface area contributed by atoms with E-state index in [1.165, 1.54) is 26.2 Å². The fraction of sp³-hybridized carbons (Fsp3) is 0.318. The summed E-state index contributed by atoms with van der Waals surface area (Å²) in [6.07, 6.45) is 3.17. The first-order valence-electron chi connectivity index (χ1n) is 9.97. The first kappa shape index (κ1) is 23.6. The van der Waals surface area contributed by atoms with Crippen LogP contribution in [-0.2, 0) is 27.9 Å². The molecule has 172 valence electrons. The molecule has 0 radical (unpaired) electrons. The van der Waals surface area contributed by atoms with Gasteiger partial charge in [-0.25, -0.2) is 12.7 Å². The number of amides is 1. The summed E-state index contributed by atoms with van der Waals surface area (Å²) in [5.74, 6) is 1.15. The molecule has 1 aromatic carbocycles. The van der Waals surface area contributed by atoms with Gasteiger partial charge in [0.15, 0.2) is 0 Å². The van der Waals surface area contributed by atoms with Crippen LogP contribution in [0.2, 0.25) is 0 Å². The molecule has 9 nitrogen and oxygen atoms in total. The third kappa shape index (κ3) is 5.78. The van der Waals surface area contributed by atoms with Crippen LogP contribution in [0.25, 0.3) is 0 Å². The maximum atomic E-state index is 13.0. The molecule has 0 aliphatic heterocycles. The molecular formula is C22H28N4O5S. The topological polar surface area (TPSA) is 99.2 Å². The van der Waals surface area contributed by atoms with Crippen LogP contribution in [0.5, 0.6) is 0 Å². The summed E-state index contributed by atoms with van der Waals surface area (Å²) in [5, 5.41) is 2.87. The van der Waals surface area contributed by atoms with Gasteiger partial charge in [0.1, 0.15) is 11.5 Å². The predicted octanol–water partition coefficient (Wildman–Crippen LogP) is 2.83. The molecule has 1 amide bonds. The van der Waals surface area contributed by atoms with Crippen LogP contribution in [-0.4, -0.2) is 58.3 Å². The van der Waals surface area contributed by atoms with Crippen LogP contribution in [0, 0.1) is 0 Å². The number of carbonyl (C=O) groups is 1. The lowest BCUT2D eigenvalue weighted by atomic mass is 10.2. The number of carbonyl (C=O) groups excluding carboxylic acids is 1. The SMILES string of the molecule is CN(C)c1ccc(S(=O)(=O)N(C)C)cc1NC(=O)CN(Cc1ccco1)Cc1ccco1. The normalized spacial score (nSPS) is 11.8. The van der Waals surface area contributed by atoms with Crippen LogP contribution in [0.1, 0.15) is 11.5 Å². The standard InChI is InChI=1S/C22H28N4O5S/c1-24(2)21-10-9-19(32(28,29)25(3)4)13-20(21)23-22(27)16-26(14-17-7-5-11-30-17)15-18-8-6-12-31-18/h5-13H,14-16H2,1-4H3,(H,23,27). The van der Waals surface area contributed by atoms with Crippen LogP contribution in [0.3, 0.4) is 0 Å². The molecule has 3 aromatic rings. The summed E-state index contributed by atoms with van der Waals surface area (Å²) < 4.78 is 37.1. The van der Waals surface area contributed by atoms with Crippen molar-refractivity contribution < 1.29 is 22.0 Å². The van der Waals surface area contributed by atoms with Gasteiger partial charge in [-0.2, -0.15) is 0 Å². The van der Waals surface area contributed by atoms with Gasteiger partial charge in [0.2, 0.25) is 15.9 Å². The van der Waals surface area contributed by atoms with E-state index in [0.29, 0.717) is 24.5 Å². The molecule has 0 atom stereocenters. The van der Waals surface area contributed by atoms with Crippen molar-refractivity contribution >= 4 is 27.3 Å². The van der Waals surface area contributed by atoms with Crippen LogP contribution < -0.4 is 10.2 Å². The predicted molar refractivity (Wildman–Crippen MR) is 122 cm³/mol. The second kappa shape index (κ2) is 10.0. The second-order valence-corrected chi connectivity index (χ2v) is 9.86. The van der Waals surface area contributed by atoms with E-state index in [9.17, 15) is 13.2 Å². The van der Waals surface area contributed by atoms with Gasteiger partial charge in [-0.3, -0.25) is 9.69 Å². The molecule has 0 aliphatic carbocycles. The summed E-state index contributed by atoms with van der Waals surface area (Å²) in [4.78, 5) is 16.7. The third-order valence-electron chi connectivity index (χ3n) is 4.79. The number of hydrogen-bond acceptors (Lipinski definition) is 7. The maximum absolute atomic E-state index is 13.0. The van der Waals surface area contributed by atoms with Crippen molar-refractivity contribution in [3.05, 3.63) is 66.5 Å². The van der Waals surface area contributed by atoms with Crippen LogP contribution in [0.15, 0.2) is 68.7 Å². The highest BCUT2D eigenvalue weighted by molar-refractivity contribution is 7.89. The molecule has 0 saturated heterocycles. The fourth-order valence-electron chi connectivity index (χ4n) is 3.18. The molecule has 0 unspecified atom stereocenters. The number of furan rings is 2. The number of sulfonamides is 1. The molecule has 2 heterocycles. The largest absolute Gasteiger partial charge is 0.468 e. The Morgan fingerprint density at radius 3 is 2.00 bits per heavy atom. The summed E-state index contributed by atoms with van der Waals surface area (Å²) in [6.45, 7) is 0.881. The summed E-state index contributed by atoms with van der Waals surface area (Å²) in [6, 6.07) is 11.9. The molecule has 10 heteroatoms. The summed E-state index contributed by atoms with van der Waals surface area (Å²) in [7, 11) is 2.94. The maximum Gasteiger partial charge on any atom is 0.242 e. The molecule has 0 spiro atoms. The van der Waals surface area contributed by atoms with Gasteiger partial charge < -0.3 is 19.1 Å². The Hall–Kier alpha value is -3.08. The molecule has 3 rings (SSSR count). The fourth-order valence-corrected chi connectivity index (χ4v) is 4.11. The van der Waals surface area contributed by atoms with Gasteiger partial charge in [0.25, 0.3) is 0 Å². The van der Waals surface area contributed by atoms with Crippen molar-refractivity contribution in [1.82, 2.24) is 9.21 Å². The smallest absolute Gasteiger partial charge is 0.242 e. The molecule has 0 bridgehead atoms. The lowest BCUT2D eigenvalue weighted by Gasteiger charge is -2.22. The second-order valence-electron chi connectivity index (χ2n) is 7.71. The zero-order chi connectivity index (χ0) is 23.3. The number of rotatable bonds is 10. The average molecular weight is 461 g/mol. The Kier molecular flexibility index (Phi) is 7.39. The third-order valence-corrected chi connectivity index (χ3v) is 6.60. The summed E-state index contributed by atoms with van der Waals surface area (Å²) >= 11 is 0. The number of hydrogen-bond donors (Lipinski definition) is 1. The lowest BCUT2D eigenvalue weighted by Crippen LogP contribution is -2.33. The number of anilines is 2. The Morgan fingerprint density at radius 2 is 1.53 bits per heavy atom. The van der Waals surface area contributed by atoms with Crippen LogP contribution in [0.4, 0.5) is 11.4 Å². The van der Waals surface area contributed by atoms with Gasteiger partial charge in [-0.15, -0.1) is 0 Å². The monoisotopic (exact) mass is 460 g/mol. The Labute approximate surface area is 188 Å². The van der Waals surface area contributed by atoms with E-state index in [4.69, 9.17) is 8.83 Å². The van der Waals surface area contributed by atoms with Crippen LogP contribution >= 0.6 is 0 Å². The highest BCUT2D eigenvalue weighted by Gasteiger charge is 2.21. The van der Waals surface area contributed by atoms with E-state index in [1.54, 1.807) is 30.7 Å². The molecular weight excluding hydrogens is 432 g/mol. The molecule has 0 fully saturated rings. The van der Waals surface area contributed by atoms with Gasteiger partial charge in [-0.1, -0.05) is 0 Å². The minimum atomic E-state index is -3.64. The molecule has 0 aliphatic rings. The van der Waals surface area contributed by atoms with E-state index in [2.05, 4.69) is 5.32 Å². The van der Waals surface area contributed by atoms with Crippen molar-refractivity contribution in [2.75, 3.05) is 45.0 Å². The van der Waals surface area contributed by atoms with Crippen molar-refractivity contribution in [1.29, 1.82) is 0 Å². The van der Waals surface area contributed by atoms with E-state index in [-0.39, 0.29) is 17.3 Å². The molecule has 2 aromatic heterocycles. The van der Waals surface area contributed by atoms with Crippen molar-refractivity contribution in [3.63, 3.8) is 0 Å². The minimum Gasteiger partial charge on any atom is -0.468 e. The highest BCUT2D eigenvalue weighted by Crippen LogP contribution is 2.28. The lowest BCUT2D eigenvalue weighted by molar-refractivity contribution is -0.117. The number of benzene rings is 1. The molecule has 32 heavy (non-hydrogen) atoms. The molecule has 1 N–H and O–H groups in total. The van der Waals surface area contributed by atoms with Crippen molar-refractivity contribution in [2.24, 2.45) is 0 Å². The Balaban J connectivity index is 1.81. The minimum absolute atomic E-state index is 0.0545. The first-order valence-corrected chi connectivity index (χ1v) is 11.4. The number of nitrogens with zero attached hydrogens (tertiary/aromatic N) is 3. The van der Waals surface area contributed by atoms with Gasteiger partial charge >= 0.3 is 0 Å². The molecule has 0 saturated carbocycles. The van der Waals surface area contributed by atoms with E-state index in [0.717, 1.165) is 15.8 Å². The van der Waals surface area contributed by atoms with E-state index in [1.807, 2.05) is 36.0 Å². The highest BCUT2D eigenvalue weighted by atomic mass is 32.2. The van der Waals surface area contributed by atoms with Gasteiger partial charge in [0, 0.05) is 28.2 Å². The first-order chi connectivity index (χ1) is 15.2. The Morgan fingerprint density at radius 1 is 0.938 bits per heavy atom. The van der Waals surface area contributed by atoms with Crippen molar-refractivity contribution in [2.45, 2.75) is 18.0 Å². The van der Waals surface area contributed by atoms with Crippen molar-refractivity contribution in [3.8, 4) is 0 Å².